The van der Waals surface area contributed by atoms with Crippen molar-refractivity contribution in [2.45, 2.75) is 61.8 Å². The largest absolute Gasteiger partial charge is 0.294 e. The molecule has 1 rings (SSSR count). The highest BCUT2D eigenvalue weighted by molar-refractivity contribution is 8.18. The van der Waals surface area contributed by atoms with Gasteiger partial charge in [-0.3, -0.25) is 5.32 Å². The van der Waals surface area contributed by atoms with Gasteiger partial charge in [0.05, 0.1) is 15.3 Å². The van der Waals surface area contributed by atoms with E-state index in [2.05, 4.69) is 49.6 Å². The lowest BCUT2D eigenvalue weighted by Gasteiger charge is -2.32. The third-order valence-electron chi connectivity index (χ3n) is 2.22. The fourth-order valence-electron chi connectivity index (χ4n) is 1.59. The summed E-state index contributed by atoms with van der Waals surface area (Å²) in [5, 5.41) is 4.81. The van der Waals surface area contributed by atoms with Crippen LogP contribution in [0.15, 0.2) is 0 Å². The molecule has 0 spiro atoms. The summed E-state index contributed by atoms with van der Waals surface area (Å²) in [4.78, 5) is 0. The van der Waals surface area contributed by atoms with Crippen molar-refractivity contribution in [3.63, 3.8) is 0 Å². The maximum absolute atomic E-state index is 3.53. The average molecular weight is 219 g/mol. The van der Waals surface area contributed by atoms with E-state index in [0.717, 1.165) is 4.58 Å². The number of nitrogens with one attached hydrogen (secondary N) is 1. The van der Waals surface area contributed by atoms with E-state index in [1.807, 2.05) is 0 Å². The molecule has 3 heteroatoms. The maximum atomic E-state index is 3.53. The van der Waals surface area contributed by atoms with Crippen LogP contribution in [0, 0.1) is 0 Å². The molecule has 0 aromatic rings. The second kappa shape index (κ2) is 6.20. The molecule has 0 aromatic carbocycles. The zero-order valence-corrected chi connectivity index (χ0v) is 10.5. The first-order valence-electron chi connectivity index (χ1n) is 5.29. The van der Waals surface area contributed by atoms with Crippen LogP contribution >= 0.6 is 23.5 Å². The zero-order chi connectivity index (χ0) is 9.68. The van der Waals surface area contributed by atoms with Crippen LogP contribution < -0.4 is 5.32 Å². The molecule has 0 amide bonds. The maximum Gasteiger partial charge on any atom is 0.0533 e. The first-order valence-corrected chi connectivity index (χ1v) is 7.18. The molecular weight excluding hydrogens is 198 g/mol. The van der Waals surface area contributed by atoms with E-state index in [1.54, 1.807) is 0 Å². The Kier molecular flexibility index (Phi) is 5.60. The van der Waals surface area contributed by atoms with E-state index < -0.39 is 0 Å². The Morgan fingerprint density at radius 2 is 1.69 bits per heavy atom. The van der Waals surface area contributed by atoms with Gasteiger partial charge in [0.2, 0.25) is 0 Å². The van der Waals surface area contributed by atoms with Crippen molar-refractivity contribution < 1.29 is 0 Å². The summed E-state index contributed by atoms with van der Waals surface area (Å²) < 4.78 is 0.831. The topological polar surface area (TPSA) is 12.0 Å². The molecule has 0 bridgehead atoms. The highest BCUT2D eigenvalue weighted by Gasteiger charge is 2.23. The van der Waals surface area contributed by atoms with Gasteiger partial charge in [-0.1, -0.05) is 26.2 Å². The number of rotatable bonds is 4. The van der Waals surface area contributed by atoms with Gasteiger partial charge in [0.25, 0.3) is 0 Å². The molecule has 0 saturated carbocycles. The zero-order valence-electron chi connectivity index (χ0n) is 8.88. The van der Waals surface area contributed by atoms with E-state index in [1.165, 1.54) is 25.7 Å². The summed E-state index contributed by atoms with van der Waals surface area (Å²) in [6.45, 7) is 6.81. The molecule has 2 unspecified atom stereocenters. The van der Waals surface area contributed by atoms with Crippen LogP contribution in [0.2, 0.25) is 0 Å². The summed E-state index contributed by atoms with van der Waals surface area (Å²) in [6.07, 6.45) is 5.53. The van der Waals surface area contributed by atoms with E-state index >= 15 is 0 Å². The first-order chi connectivity index (χ1) is 6.22. The predicted molar refractivity (Wildman–Crippen MR) is 65.2 cm³/mol. The lowest BCUT2D eigenvalue weighted by Crippen LogP contribution is -2.36. The Labute approximate surface area is 90.8 Å². The standard InChI is InChI=1S/C10H21NS2/c1-4-5-6-7-10-12-8(2)11-9(3)13-10/h8-11H,4-7H2,1-3H3. The normalized spacial score (nSPS) is 34.8. The van der Waals surface area contributed by atoms with Gasteiger partial charge in [0.1, 0.15) is 0 Å². The van der Waals surface area contributed by atoms with Crippen molar-refractivity contribution in [3.8, 4) is 0 Å². The minimum atomic E-state index is 0.642. The molecule has 1 nitrogen and oxygen atoms in total. The van der Waals surface area contributed by atoms with Crippen molar-refractivity contribution in [3.05, 3.63) is 0 Å². The minimum absolute atomic E-state index is 0.642. The first kappa shape index (κ1) is 11.7. The number of thioether (sulfide) groups is 2. The van der Waals surface area contributed by atoms with Crippen molar-refractivity contribution in [1.29, 1.82) is 0 Å². The fourth-order valence-corrected chi connectivity index (χ4v) is 5.02. The van der Waals surface area contributed by atoms with Crippen LogP contribution in [0.25, 0.3) is 0 Å². The lowest BCUT2D eigenvalue weighted by molar-refractivity contribution is 0.652. The number of hydrogen-bond acceptors (Lipinski definition) is 3. The van der Waals surface area contributed by atoms with E-state index in [4.69, 9.17) is 0 Å². The Morgan fingerprint density at radius 1 is 1.08 bits per heavy atom. The molecule has 13 heavy (non-hydrogen) atoms. The Balaban J connectivity index is 2.17. The van der Waals surface area contributed by atoms with Crippen molar-refractivity contribution in [1.82, 2.24) is 5.32 Å². The van der Waals surface area contributed by atoms with Crippen molar-refractivity contribution >= 4 is 23.5 Å². The number of hydrogen-bond donors (Lipinski definition) is 1. The van der Waals surface area contributed by atoms with Crippen LogP contribution in [0.3, 0.4) is 0 Å². The third kappa shape index (κ3) is 4.61. The van der Waals surface area contributed by atoms with E-state index in [0.29, 0.717) is 10.7 Å². The summed E-state index contributed by atoms with van der Waals surface area (Å²) >= 11 is 4.18. The Bertz CT molecular complexity index is 131. The molecule has 1 fully saturated rings. The molecule has 78 valence electrons. The quantitative estimate of drug-likeness (QED) is 0.725. The molecule has 1 aliphatic heterocycles. The van der Waals surface area contributed by atoms with Crippen molar-refractivity contribution in [2.24, 2.45) is 0 Å². The van der Waals surface area contributed by atoms with Gasteiger partial charge in [-0.2, -0.15) is 0 Å². The predicted octanol–water partition coefficient (Wildman–Crippen LogP) is 3.65. The van der Waals surface area contributed by atoms with Crippen LogP contribution in [-0.2, 0) is 0 Å². The van der Waals surface area contributed by atoms with Crippen LogP contribution in [0.1, 0.15) is 46.5 Å². The summed E-state index contributed by atoms with van der Waals surface area (Å²) in [6, 6.07) is 0. The molecule has 2 atom stereocenters. The van der Waals surface area contributed by atoms with Crippen LogP contribution in [-0.4, -0.2) is 15.3 Å². The summed E-state index contributed by atoms with van der Waals surface area (Å²) in [7, 11) is 0. The van der Waals surface area contributed by atoms with Crippen LogP contribution in [0.5, 0.6) is 0 Å². The molecule has 1 heterocycles. The highest BCUT2D eigenvalue weighted by Crippen LogP contribution is 2.37. The third-order valence-corrected chi connectivity index (χ3v) is 5.06. The van der Waals surface area contributed by atoms with Gasteiger partial charge in [0.15, 0.2) is 0 Å². The summed E-state index contributed by atoms with van der Waals surface area (Å²) in [5.74, 6) is 0. The molecule has 0 aliphatic carbocycles. The average Bonchev–Trinajstić information content (AvgIpc) is 2.03. The summed E-state index contributed by atoms with van der Waals surface area (Å²) in [5.41, 5.74) is 0. The fraction of sp³-hybridized carbons (Fsp3) is 1.00. The SMILES string of the molecule is CCCCCC1SC(C)NC(C)S1. The Morgan fingerprint density at radius 3 is 2.23 bits per heavy atom. The molecular formula is C10H21NS2. The van der Waals surface area contributed by atoms with Crippen molar-refractivity contribution in [2.75, 3.05) is 0 Å². The van der Waals surface area contributed by atoms with E-state index in [-0.39, 0.29) is 0 Å². The van der Waals surface area contributed by atoms with Gasteiger partial charge < -0.3 is 0 Å². The monoisotopic (exact) mass is 219 g/mol. The molecule has 0 aromatic heterocycles. The van der Waals surface area contributed by atoms with Gasteiger partial charge in [-0.25, -0.2) is 0 Å². The minimum Gasteiger partial charge on any atom is -0.294 e. The van der Waals surface area contributed by atoms with Gasteiger partial charge in [-0.15, -0.1) is 23.5 Å². The van der Waals surface area contributed by atoms with Gasteiger partial charge in [0, 0.05) is 0 Å². The van der Waals surface area contributed by atoms with Gasteiger partial charge in [-0.05, 0) is 20.3 Å². The van der Waals surface area contributed by atoms with Gasteiger partial charge >= 0.3 is 0 Å². The molecule has 0 radical (unpaired) electrons. The molecule has 1 aliphatic rings. The molecule has 1 saturated heterocycles. The highest BCUT2D eigenvalue weighted by atomic mass is 32.2. The second-order valence-corrected chi connectivity index (χ2v) is 7.04. The number of unbranched alkanes of at least 4 members (excludes halogenated alkanes) is 2. The lowest BCUT2D eigenvalue weighted by atomic mass is 10.2. The van der Waals surface area contributed by atoms with E-state index in [9.17, 15) is 0 Å². The van der Waals surface area contributed by atoms with Crippen LogP contribution in [0.4, 0.5) is 0 Å². The smallest absolute Gasteiger partial charge is 0.0533 e. The second-order valence-electron chi connectivity index (χ2n) is 3.65. The molecule has 1 N–H and O–H groups in total. The Hall–Kier alpha value is 0.660.